The summed E-state index contributed by atoms with van der Waals surface area (Å²) in [5, 5.41) is 11.7. The summed E-state index contributed by atoms with van der Waals surface area (Å²) in [7, 11) is 0. The van der Waals surface area contributed by atoms with E-state index >= 15 is 0 Å². The van der Waals surface area contributed by atoms with Crippen molar-refractivity contribution in [3.63, 3.8) is 0 Å². The Bertz CT molecular complexity index is 4460. The van der Waals surface area contributed by atoms with Crippen LogP contribution in [-0.4, -0.2) is 0 Å². The molecule has 324 valence electrons. The van der Waals surface area contributed by atoms with Gasteiger partial charge in [-0.3, -0.25) is 0 Å². The van der Waals surface area contributed by atoms with Crippen LogP contribution in [0.4, 0.5) is 17.1 Å². The second kappa shape index (κ2) is 13.9. The van der Waals surface area contributed by atoms with Crippen LogP contribution in [0.3, 0.4) is 0 Å². The Kier molecular flexibility index (Phi) is 7.54. The van der Waals surface area contributed by atoms with Crippen molar-refractivity contribution in [2.45, 2.75) is 5.41 Å². The van der Waals surface area contributed by atoms with Crippen molar-refractivity contribution in [1.29, 1.82) is 0 Å². The zero-order chi connectivity index (χ0) is 45.7. The molecule has 0 unspecified atom stereocenters. The van der Waals surface area contributed by atoms with Crippen LogP contribution in [0.5, 0.6) is 0 Å². The van der Waals surface area contributed by atoms with E-state index in [2.05, 4.69) is 235 Å². The minimum absolute atomic E-state index is 0.487. The fourth-order valence-electron chi connectivity index (χ4n) is 12.8. The number of rotatable bonds is 4. The molecular weight excluding hydrogens is 851 g/mol. The average Bonchev–Trinajstić information content (AvgIpc) is 4.17. The van der Waals surface area contributed by atoms with Crippen LogP contribution >= 0.6 is 0 Å². The van der Waals surface area contributed by atoms with Gasteiger partial charge in [-0.15, -0.1) is 0 Å². The molecule has 0 saturated carbocycles. The maximum absolute atomic E-state index is 7.15. The molecule has 0 saturated heterocycles. The van der Waals surface area contributed by atoms with Gasteiger partial charge in [0.2, 0.25) is 0 Å². The molecule has 0 radical (unpaired) electrons. The highest BCUT2D eigenvalue weighted by atomic mass is 16.3. The second-order valence-electron chi connectivity index (χ2n) is 19.0. The van der Waals surface area contributed by atoms with Gasteiger partial charge in [0.05, 0.1) is 5.41 Å². The maximum atomic E-state index is 7.15. The molecule has 0 aliphatic heterocycles. The molecule has 2 aromatic heterocycles. The monoisotopic (exact) mass is 889 g/mol. The van der Waals surface area contributed by atoms with E-state index < -0.39 is 5.41 Å². The smallest absolute Gasteiger partial charge is 0.143 e. The summed E-state index contributed by atoms with van der Waals surface area (Å²) in [6.45, 7) is 0. The fourth-order valence-corrected chi connectivity index (χ4v) is 12.8. The van der Waals surface area contributed by atoms with E-state index in [1.165, 1.54) is 76.8 Å². The summed E-state index contributed by atoms with van der Waals surface area (Å²) >= 11 is 0. The molecule has 0 bridgehead atoms. The lowest BCUT2D eigenvalue weighted by Crippen LogP contribution is -2.26. The highest BCUT2D eigenvalue weighted by molar-refractivity contribution is 6.29. The molecule has 3 nitrogen and oxygen atoms in total. The molecule has 16 rings (SSSR count). The molecule has 2 aliphatic rings. The standard InChI is InChI=1S/C67H39NO2/c1-2-16-41(17-3-1)68(42-31-33-52-51-24-10-14-28-59(51)67(60(52)39-42)57-26-12-8-22-49(57)50-23-9-13-27-58(50)67)43-37-54(40-30-32-48-46-20-5-4-18-44(46)45-19-6-7-21-47(45)55(48)36-40)66-56(38-43)65-63(70-66)35-34-62-64(65)53-25-11-15-29-61(53)69-62/h1-39H. The maximum Gasteiger partial charge on any atom is 0.143 e. The number of fused-ring (bicyclic) bond motifs is 23. The molecule has 2 heterocycles. The lowest BCUT2D eigenvalue weighted by atomic mass is 9.70. The lowest BCUT2D eigenvalue weighted by molar-refractivity contribution is 0.663. The number of hydrogen-bond donors (Lipinski definition) is 0. The van der Waals surface area contributed by atoms with Crippen molar-refractivity contribution >= 4 is 93.3 Å². The SMILES string of the molecule is c1ccc(N(c2ccc3c(c2)C2(c4ccccc4-c4ccccc42)c2ccccc2-3)c2cc(-c3ccc4c5ccccc5c5ccccc5c4c3)c3oc4ccc5oc6ccccc6c5c4c3c2)cc1. The Labute approximate surface area is 402 Å². The van der Waals surface area contributed by atoms with E-state index in [0.29, 0.717) is 0 Å². The first-order valence-electron chi connectivity index (χ1n) is 24.2. The zero-order valence-corrected chi connectivity index (χ0v) is 37.8. The predicted octanol–water partition coefficient (Wildman–Crippen LogP) is 18.4. The Morgan fingerprint density at radius 1 is 0.271 bits per heavy atom. The third-order valence-electron chi connectivity index (χ3n) is 15.6. The molecule has 3 heteroatoms. The normalized spacial score (nSPS) is 13.3. The van der Waals surface area contributed by atoms with Gasteiger partial charge in [-0.05, 0) is 143 Å². The Hall–Kier alpha value is -9.18. The van der Waals surface area contributed by atoms with E-state index in [0.717, 1.165) is 72.1 Å². The molecule has 12 aromatic carbocycles. The van der Waals surface area contributed by atoms with Crippen LogP contribution in [0.15, 0.2) is 245 Å². The van der Waals surface area contributed by atoms with Gasteiger partial charge in [0.1, 0.15) is 22.3 Å². The second-order valence-corrected chi connectivity index (χ2v) is 19.0. The van der Waals surface area contributed by atoms with E-state index in [9.17, 15) is 0 Å². The minimum atomic E-state index is -0.487. The van der Waals surface area contributed by atoms with Gasteiger partial charge in [0.15, 0.2) is 0 Å². The van der Waals surface area contributed by atoms with Crippen molar-refractivity contribution in [2.24, 2.45) is 0 Å². The number of nitrogens with zero attached hydrogens (tertiary/aromatic N) is 1. The molecule has 0 atom stereocenters. The average molecular weight is 890 g/mol. The van der Waals surface area contributed by atoms with Gasteiger partial charge in [0, 0.05) is 44.2 Å². The molecule has 14 aromatic rings. The fraction of sp³-hybridized carbons (Fsp3) is 0.0149. The third-order valence-corrected chi connectivity index (χ3v) is 15.6. The molecule has 0 amide bonds. The van der Waals surface area contributed by atoms with Gasteiger partial charge in [-0.2, -0.15) is 0 Å². The summed E-state index contributed by atoms with van der Waals surface area (Å²) in [5.41, 5.74) is 18.6. The number of anilines is 3. The highest BCUT2D eigenvalue weighted by Crippen LogP contribution is 2.63. The predicted molar refractivity (Wildman–Crippen MR) is 290 cm³/mol. The summed E-state index contributed by atoms with van der Waals surface area (Å²) in [6, 6.07) is 86.9. The van der Waals surface area contributed by atoms with Crippen LogP contribution in [-0.2, 0) is 5.41 Å². The van der Waals surface area contributed by atoms with E-state index in [-0.39, 0.29) is 0 Å². The minimum Gasteiger partial charge on any atom is -0.456 e. The van der Waals surface area contributed by atoms with Crippen molar-refractivity contribution in [2.75, 3.05) is 4.90 Å². The van der Waals surface area contributed by atoms with Crippen LogP contribution in [0.1, 0.15) is 22.3 Å². The molecule has 0 fully saturated rings. The van der Waals surface area contributed by atoms with Gasteiger partial charge in [-0.1, -0.05) is 176 Å². The van der Waals surface area contributed by atoms with Gasteiger partial charge in [0.25, 0.3) is 0 Å². The molecule has 1 spiro atoms. The van der Waals surface area contributed by atoms with Crippen LogP contribution < -0.4 is 4.90 Å². The van der Waals surface area contributed by atoms with E-state index in [1.54, 1.807) is 0 Å². The summed E-state index contributed by atoms with van der Waals surface area (Å²) in [6.07, 6.45) is 0. The van der Waals surface area contributed by atoms with Crippen LogP contribution in [0.2, 0.25) is 0 Å². The molecule has 0 N–H and O–H groups in total. The van der Waals surface area contributed by atoms with Gasteiger partial charge in [-0.25, -0.2) is 0 Å². The third kappa shape index (κ3) is 4.92. The number of hydrogen-bond acceptors (Lipinski definition) is 3. The molecule has 70 heavy (non-hydrogen) atoms. The van der Waals surface area contributed by atoms with Crippen LogP contribution in [0, 0.1) is 0 Å². The topological polar surface area (TPSA) is 29.5 Å². The quantitative estimate of drug-likeness (QED) is 0.165. The summed E-state index contributed by atoms with van der Waals surface area (Å²) in [5.74, 6) is 0. The van der Waals surface area contributed by atoms with Crippen molar-refractivity contribution < 1.29 is 8.83 Å². The summed E-state index contributed by atoms with van der Waals surface area (Å²) < 4.78 is 13.7. The largest absolute Gasteiger partial charge is 0.456 e. The zero-order valence-electron chi connectivity index (χ0n) is 37.8. The molecule has 2 aliphatic carbocycles. The number of furan rings is 2. The van der Waals surface area contributed by atoms with Crippen molar-refractivity contribution in [1.82, 2.24) is 0 Å². The van der Waals surface area contributed by atoms with Crippen molar-refractivity contribution in [3.8, 4) is 33.4 Å². The molecular formula is C67H39NO2. The number of para-hydroxylation sites is 2. The van der Waals surface area contributed by atoms with E-state index in [4.69, 9.17) is 8.83 Å². The Balaban J connectivity index is 1.01. The van der Waals surface area contributed by atoms with Crippen LogP contribution in [0.25, 0.3) is 110 Å². The number of benzene rings is 12. The first kappa shape index (κ1) is 37.9. The lowest BCUT2D eigenvalue weighted by Gasteiger charge is -2.32. The van der Waals surface area contributed by atoms with Gasteiger partial charge < -0.3 is 13.7 Å². The Morgan fingerprint density at radius 2 is 0.786 bits per heavy atom. The summed E-state index contributed by atoms with van der Waals surface area (Å²) in [4.78, 5) is 2.45. The van der Waals surface area contributed by atoms with E-state index in [1.807, 2.05) is 6.07 Å². The first-order valence-corrected chi connectivity index (χ1v) is 24.2. The van der Waals surface area contributed by atoms with Gasteiger partial charge >= 0.3 is 0 Å². The first-order chi connectivity index (χ1) is 34.7. The highest BCUT2D eigenvalue weighted by Gasteiger charge is 2.51. The Morgan fingerprint density at radius 3 is 1.44 bits per heavy atom. The van der Waals surface area contributed by atoms with Crippen molar-refractivity contribution in [3.05, 3.63) is 259 Å².